The third-order valence-electron chi connectivity index (χ3n) is 8.04. The van der Waals surface area contributed by atoms with Gasteiger partial charge in [-0.3, -0.25) is 14.8 Å². The summed E-state index contributed by atoms with van der Waals surface area (Å²) in [5, 5.41) is 23.6. The zero-order valence-electron chi connectivity index (χ0n) is 24.0. The number of nitrogens with one attached hydrogen (secondary N) is 2. The van der Waals surface area contributed by atoms with Crippen LogP contribution in [0, 0.1) is 0 Å². The number of rotatable bonds is 7. The number of amides is 1. The number of hydrogen-bond acceptors (Lipinski definition) is 9. The number of nitrogens with zero attached hydrogens (tertiary/aromatic N) is 9. The minimum absolute atomic E-state index is 0.202. The van der Waals surface area contributed by atoms with Crippen LogP contribution in [0.4, 0.5) is 11.6 Å². The monoisotopic (exact) mass is 543 g/mol. The standard InChI is InChI=1S/C28H37N11O/c1-8-20(14-24(29-6)38-13-12-37(9-2)17(3)16-38)26-22-15-21(10-11-23(22)31-32-26)30-27(40)25-18(4)36(7)28-33-34-35-39(28)19(25)5/h8,10-11,14-15,17,19H,6,9,12-13,16H2,1-5,7H3,(H,30,40)(H,31,32)/b20-8+,24-14+/t17-,19+/m0/s1. The van der Waals surface area contributed by atoms with Crippen LogP contribution in [0.2, 0.25) is 0 Å². The quantitative estimate of drug-likeness (QED) is 0.343. The van der Waals surface area contributed by atoms with Crippen molar-refractivity contribution >= 4 is 40.7 Å². The van der Waals surface area contributed by atoms with Gasteiger partial charge in [0.1, 0.15) is 5.82 Å². The molecule has 2 aliphatic heterocycles. The van der Waals surface area contributed by atoms with Gasteiger partial charge in [0, 0.05) is 55.1 Å². The molecule has 2 aromatic heterocycles. The van der Waals surface area contributed by atoms with E-state index in [-0.39, 0.29) is 11.9 Å². The number of aromatic nitrogens is 6. The van der Waals surface area contributed by atoms with Crippen LogP contribution in [0.5, 0.6) is 0 Å². The lowest BCUT2D eigenvalue weighted by Crippen LogP contribution is -2.50. The molecule has 3 aromatic rings. The molecule has 2 N–H and O–H groups in total. The van der Waals surface area contributed by atoms with Crippen molar-refractivity contribution in [3.05, 3.63) is 53.1 Å². The molecule has 1 aromatic carbocycles. The summed E-state index contributed by atoms with van der Waals surface area (Å²) < 4.78 is 1.65. The van der Waals surface area contributed by atoms with E-state index < -0.39 is 0 Å². The van der Waals surface area contributed by atoms with Gasteiger partial charge in [-0.2, -0.15) is 5.10 Å². The van der Waals surface area contributed by atoms with Crippen LogP contribution in [0.1, 0.15) is 46.4 Å². The summed E-state index contributed by atoms with van der Waals surface area (Å²) >= 11 is 0. The number of hydrogen-bond donors (Lipinski definition) is 2. The predicted octanol–water partition coefficient (Wildman–Crippen LogP) is 3.44. The smallest absolute Gasteiger partial charge is 0.255 e. The molecule has 4 heterocycles. The van der Waals surface area contributed by atoms with Crippen LogP contribution in [-0.4, -0.2) is 92.1 Å². The number of allylic oxidation sites excluding steroid dienone is 4. The number of piperazine rings is 1. The Morgan fingerprint density at radius 2 is 2.10 bits per heavy atom. The maximum absolute atomic E-state index is 13.5. The maximum Gasteiger partial charge on any atom is 0.255 e. The first-order chi connectivity index (χ1) is 19.3. The number of benzene rings is 1. The summed E-state index contributed by atoms with van der Waals surface area (Å²) in [7, 11) is 1.85. The van der Waals surface area contributed by atoms with Gasteiger partial charge in [-0.25, -0.2) is 9.67 Å². The van der Waals surface area contributed by atoms with E-state index in [0.717, 1.165) is 59.9 Å². The van der Waals surface area contributed by atoms with E-state index in [4.69, 9.17) is 0 Å². The average Bonchev–Trinajstić information content (AvgIpc) is 3.61. The third-order valence-corrected chi connectivity index (χ3v) is 8.04. The number of aromatic amines is 1. The lowest BCUT2D eigenvalue weighted by molar-refractivity contribution is -0.113. The van der Waals surface area contributed by atoms with E-state index >= 15 is 0 Å². The number of anilines is 2. The van der Waals surface area contributed by atoms with Crippen molar-refractivity contribution in [3.63, 3.8) is 0 Å². The van der Waals surface area contributed by atoms with Gasteiger partial charge in [0.05, 0.1) is 22.8 Å². The Morgan fingerprint density at radius 1 is 1.30 bits per heavy atom. The molecule has 12 nitrogen and oxygen atoms in total. The zero-order valence-corrected chi connectivity index (χ0v) is 24.0. The first-order valence-electron chi connectivity index (χ1n) is 13.6. The fraction of sp³-hybridized carbons (Fsp3) is 0.429. The molecule has 5 rings (SSSR count). The molecule has 0 radical (unpaired) electrons. The Hall–Kier alpha value is -4.32. The number of fused-ring (bicyclic) bond motifs is 2. The SMILES string of the molecule is C=N/C(=C\C(=C/C)c1n[nH]c2ccc(NC(=O)C3=C(C)N(C)c4nnnn4[C@@H]3C)cc12)N1CCN(CC)[C@@H](C)C1. The fourth-order valence-corrected chi connectivity index (χ4v) is 5.62. The van der Waals surface area contributed by atoms with E-state index in [2.05, 4.69) is 66.4 Å². The Balaban J connectivity index is 1.41. The molecule has 40 heavy (non-hydrogen) atoms. The second kappa shape index (κ2) is 11.0. The fourth-order valence-electron chi connectivity index (χ4n) is 5.62. The molecular weight excluding hydrogens is 506 g/mol. The van der Waals surface area contributed by atoms with Crippen LogP contribution in [0.3, 0.4) is 0 Å². The van der Waals surface area contributed by atoms with E-state index in [0.29, 0.717) is 23.3 Å². The molecule has 1 amide bonds. The van der Waals surface area contributed by atoms with Crippen LogP contribution >= 0.6 is 0 Å². The molecule has 0 unspecified atom stereocenters. The highest BCUT2D eigenvalue weighted by Gasteiger charge is 2.32. The average molecular weight is 544 g/mol. The molecular formula is C28H37N11O. The van der Waals surface area contributed by atoms with E-state index in [1.54, 1.807) is 4.68 Å². The van der Waals surface area contributed by atoms with Gasteiger partial charge in [-0.15, -0.1) is 0 Å². The van der Waals surface area contributed by atoms with Gasteiger partial charge in [-0.05, 0) is 75.7 Å². The van der Waals surface area contributed by atoms with E-state index in [9.17, 15) is 4.79 Å². The number of likely N-dealkylation sites (N-methyl/N-ethyl adjacent to an activating group) is 1. The van der Waals surface area contributed by atoms with Gasteiger partial charge in [-0.1, -0.05) is 18.1 Å². The topological polar surface area (TPSA) is 123 Å². The largest absolute Gasteiger partial charge is 0.354 e. The van der Waals surface area contributed by atoms with Gasteiger partial charge >= 0.3 is 0 Å². The van der Waals surface area contributed by atoms with Gasteiger partial charge < -0.3 is 15.1 Å². The highest BCUT2D eigenvalue weighted by atomic mass is 16.1. The summed E-state index contributed by atoms with van der Waals surface area (Å²) in [6, 6.07) is 5.87. The normalized spacial score (nSPS) is 20.8. The Labute approximate surface area is 234 Å². The van der Waals surface area contributed by atoms with Crippen LogP contribution in [0.25, 0.3) is 16.5 Å². The first kappa shape index (κ1) is 27.3. The van der Waals surface area contributed by atoms with Gasteiger partial charge in [0.15, 0.2) is 0 Å². The molecule has 0 saturated carbocycles. The Morgan fingerprint density at radius 3 is 2.80 bits per heavy atom. The zero-order chi connectivity index (χ0) is 28.6. The number of carbonyl (C=O) groups is 1. The lowest BCUT2D eigenvalue weighted by atomic mass is 10.0. The number of tetrazole rings is 1. The molecule has 0 aliphatic carbocycles. The van der Waals surface area contributed by atoms with Crippen molar-refractivity contribution in [2.24, 2.45) is 4.99 Å². The minimum Gasteiger partial charge on any atom is -0.354 e. The summed E-state index contributed by atoms with van der Waals surface area (Å²) in [6.45, 7) is 17.9. The predicted molar refractivity (Wildman–Crippen MR) is 158 cm³/mol. The highest BCUT2D eigenvalue weighted by molar-refractivity contribution is 6.06. The molecule has 1 saturated heterocycles. The minimum atomic E-state index is -0.305. The van der Waals surface area contributed by atoms with E-state index in [1.165, 1.54) is 0 Å². The number of carbonyl (C=O) groups excluding carboxylic acids is 1. The van der Waals surface area contributed by atoms with Gasteiger partial charge in [0.2, 0.25) is 5.95 Å². The first-order valence-corrected chi connectivity index (χ1v) is 13.6. The Kier molecular flexibility index (Phi) is 7.53. The third kappa shape index (κ3) is 4.79. The van der Waals surface area contributed by atoms with Crippen LogP contribution in [0.15, 0.2) is 52.4 Å². The van der Waals surface area contributed by atoms with Crippen molar-refractivity contribution in [2.75, 3.05) is 43.4 Å². The molecule has 0 spiro atoms. The molecule has 0 bridgehead atoms. The highest BCUT2D eigenvalue weighted by Crippen LogP contribution is 2.33. The molecule has 210 valence electrons. The Bertz CT molecular complexity index is 1530. The number of H-pyrrole nitrogens is 1. The lowest BCUT2D eigenvalue weighted by Gasteiger charge is -2.40. The number of aliphatic imine (C=N–C) groups is 1. The van der Waals surface area contributed by atoms with Crippen molar-refractivity contribution in [1.29, 1.82) is 0 Å². The molecule has 12 heteroatoms. The summed E-state index contributed by atoms with van der Waals surface area (Å²) in [4.78, 5) is 24.4. The molecule has 1 fully saturated rings. The second-order valence-electron chi connectivity index (χ2n) is 10.3. The summed E-state index contributed by atoms with van der Waals surface area (Å²) in [5.74, 6) is 1.23. The second-order valence-corrected chi connectivity index (χ2v) is 10.3. The van der Waals surface area contributed by atoms with Crippen molar-refractivity contribution in [1.82, 2.24) is 40.2 Å². The van der Waals surface area contributed by atoms with Gasteiger partial charge in [0.25, 0.3) is 5.91 Å². The van der Waals surface area contributed by atoms with Crippen molar-refractivity contribution in [2.45, 2.75) is 46.7 Å². The van der Waals surface area contributed by atoms with Crippen molar-refractivity contribution in [3.8, 4) is 0 Å². The summed E-state index contributed by atoms with van der Waals surface area (Å²) in [5.41, 5.74) is 4.66. The van der Waals surface area contributed by atoms with Crippen molar-refractivity contribution < 1.29 is 4.79 Å². The van der Waals surface area contributed by atoms with Crippen LogP contribution in [-0.2, 0) is 4.79 Å². The summed E-state index contributed by atoms with van der Waals surface area (Å²) in [6.07, 6.45) is 4.06. The molecule has 2 aliphatic rings. The molecule has 2 atom stereocenters. The van der Waals surface area contributed by atoms with Crippen LogP contribution < -0.4 is 10.2 Å². The van der Waals surface area contributed by atoms with E-state index in [1.807, 2.05) is 63.1 Å². The maximum atomic E-state index is 13.5.